The molecule has 5 nitrogen and oxygen atoms in total. The zero-order valence-electron chi connectivity index (χ0n) is 48.1. The van der Waals surface area contributed by atoms with Crippen LogP contribution >= 0.6 is 0 Å². The van der Waals surface area contributed by atoms with Crippen molar-refractivity contribution in [2.45, 2.75) is 277 Å². The summed E-state index contributed by atoms with van der Waals surface area (Å²) >= 11 is 0. The van der Waals surface area contributed by atoms with E-state index in [1.165, 1.54) is 128 Å². The smallest absolute Gasteiger partial charge is 0.306 e. The van der Waals surface area contributed by atoms with Gasteiger partial charge in [-0.25, -0.2) is 0 Å². The van der Waals surface area contributed by atoms with Gasteiger partial charge in [0.25, 0.3) is 0 Å². The van der Waals surface area contributed by atoms with Gasteiger partial charge in [-0.05, 0) is 109 Å². The van der Waals surface area contributed by atoms with Crippen molar-refractivity contribution in [1.29, 1.82) is 0 Å². The maximum atomic E-state index is 12.3. The van der Waals surface area contributed by atoms with Gasteiger partial charge < -0.3 is 14.6 Å². The molecule has 74 heavy (non-hydrogen) atoms. The first kappa shape index (κ1) is 70.0. The number of rotatable bonds is 55. The maximum Gasteiger partial charge on any atom is 0.306 e. The lowest BCUT2D eigenvalue weighted by atomic mass is 10.0. The van der Waals surface area contributed by atoms with Gasteiger partial charge in [0.05, 0.1) is 6.61 Å². The van der Waals surface area contributed by atoms with E-state index in [0.29, 0.717) is 12.8 Å². The SMILES string of the molecule is CC/C=C\C/C=C\C/C=C\C/C=C\C/C=C\C/C=C\C/C=C\CCCCCCCCCCCC(=O)OC(CO)COC(=O)CCCCCCCCCCCCCCCCCC/C=C\C/C=C\C/C=C\C/C=C\CC. The molecule has 0 aliphatic carbocycles. The first-order chi connectivity index (χ1) is 36.6. The lowest BCUT2D eigenvalue weighted by molar-refractivity contribution is -0.161. The van der Waals surface area contributed by atoms with Gasteiger partial charge in [-0.1, -0.05) is 282 Å². The van der Waals surface area contributed by atoms with Crippen molar-refractivity contribution in [3.63, 3.8) is 0 Å². The van der Waals surface area contributed by atoms with Gasteiger partial charge in [0.15, 0.2) is 6.10 Å². The van der Waals surface area contributed by atoms with E-state index in [0.717, 1.165) is 116 Å². The van der Waals surface area contributed by atoms with Gasteiger partial charge in [0.1, 0.15) is 6.61 Å². The summed E-state index contributed by atoms with van der Waals surface area (Å²) in [5, 5.41) is 9.68. The lowest BCUT2D eigenvalue weighted by Gasteiger charge is -2.15. The number of ether oxygens (including phenoxy) is 2. The Morgan fingerprint density at radius 2 is 0.541 bits per heavy atom. The van der Waals surface area contributed by atoms with Crippen LogP contribution in [-0.2, 0) is 19.1 Å². The Morgan fingerprint density at radius 1 is 0.311 bits per heavy atom. The van der Waals surface area contributed by atoms with Crippen LogP contribution in [-0.4, -0.2) is 36.4 Å². The van der Waals surface area contributed by atoms with Crippen LogP contribution in [0.15, 0.2) is 134 Å². The molecule has 0 radical (unpaired) electrons. The fraction of sp³-hybridized carbons (Fsp3) is 0.652. The minimum atomic E-state index is -0.785. The second-order valence-corrected chi connectivity index (χ2v) is 20.0. The number of unbranched alkanes of at least 4 members (excludes halogenated alkanes) is 25. The Morgan fingerprint density at radius 3 is 0.811 bits per heavy atom. The predicted octanol–water partition coefficient (Wildman–Crippen LogP) is 21.2. The fourth-order valence-electron chi connectivity index (χ4n) is 8.41. The molecule has 0 heterocycles. The molecular formula is C69H114O5. The van der Waals surface area contributed by atoms with E-state index in [1.54, 1.807) is 0 Å². The van der Waals surface area contributed by atoms with Crippen LogP contribution in [0.1, 0.15) is 271 Å². The van der Waals surface area contributed by atoms with E-state index in [-0.39, 0.29) is 25.2 Å². The van der Waals surface area contributed by atoms with Crippen LogP contribution in [0.2, 0.25) is 0 Å². The summed E-state index contributed by atoms with van der Waals surface area (Å²) in [4.78, 5) is 24.6. The highest BCUT2D eigenvalue weighted by molar-refractivity contribution is 5.70. The second-order valence-electron chi connectivity index (χ2n) is 20.0. The Bertz CT molecular complexity index is 1530. The molecule has 1 N–H and O–H groups in total. The number of allylic oxidation sites excluding steroid dienone is 22. The molecule has 1 unspecified atom stereocenters. The average Bonchev–Trinajstić information content (AvgIpc) is 3.40. The summed E-state index contributed by atoms with van der Waals surface area (Å²) in [6.07, 6.45) is 94.3. The van der Waals surface area contributed by atoms with Crippen molar-refractivity contribution >= 4 is 11.9 Å². The summed E-state index contributed by atoms with van der Waals surface area (Å²) in [5.41, 5.74) is 0. The zero-order chi connectivity index (χ0) is 53.4. The van der Waals surface area contributed by atoms with Crippen LogP contribution in [0, 0.1) is 0 Å². The maximum absolute atomic E-state index is 12.3. The minimum absolute atomic E-state index is 0.0740. The van der Waals surface area contributed by atoms with E-state index in [4.69, 9.17) is 9.47 Å². The summed E-state index contributed by atoms with van der Waals surface area (Å²) in [6.45, 7) is 3.92. The molecule has 0 fully saturated rings. The molecule has 0 bridgehead atoms. The summed E-state index contributed by atoms with van der Waals surface area (Å²) in [6, 6.07) is 0. The molecular weight excluding hydrogens is 909 g/mol. The molecule has 0 aliphatic rings. The number of hydrogen-bond acceptors (Lipinski definition) is 5. The monoisotopic (exact) mass is 1020 g/mol. The standard InChI is InChI=1S/C69H114O5/c1-3-5-7-9-11-13-15-17-19-21-23-25-27-29-31-33-34-36-38-40-42-44-46-48-50-52-54-56-58-60-62-64-69(72)74-67(65-70)66-73-68(71)63-61-59-57-55-53-51-49-47-45-43-41-39-37-35-32-30-28-26-24-22-20-18-16-14-12-10-8-6-4-2/h5-8,11-14,17-20,23-26,29,31,34,36,40,42,67,70H,3-4,9-10,15-16,21-22,27-28,30,32-33,35,37-39,41,43-66H2,1-2H3/b7-5-,8-6-,13-11-,14-12-,19-17-,20-18-,25-23-,26-24-,31-29-,36-34-,42-40-. The fourth-order valence-corrected chi connectivity index (χ4v) is 8.41. The van der Waals surface area contributed by atoms with Crippen LogP contribution in [0.4, 0.5) is 0 Å². The lowest BCUT2D eigenvalue weighted by Crippen LogP contribution is -2.28. The molecule has 0 aromatic heterocycles. The van der Waals surface area contributed by atoms with Crippen LogP contribution < -0.4 is 0 Å². The number of aliphatic hydroxyl groups is 1. The van der Waals surface area contributed by atoms with Gasteiger partial charge in [-0.15, -0.1) is 0 Å². The van der Waals surface area contributed by atoms with Gasteiger partial charge in [0, 0.05) is 12.8 Å². The molecule has 0 amide bonds. The minimum Gasteiger partial charge on any atom is -0.462 e. The third-order valence-electron chi connectivity index (χ3n) is 12.9. The highest BCUT2D eigenvalue weighted by Gasteiger charge is 2.16. The van der Waals surface area contributed by atoms with E-state index < -0.39 is 6.10 Å². The molecule has 0 aliphatic heterocycles. The number of esters is 2. The van der Waals surface area contributed by atoms with Crippen molar-refractivity contribution in [3.05, 3.63) is 134 Å². The molecule has 5 heteroatoms. The van der Waals surface area contributed by atoms with Gasteiger partial charge in [-0.3, -0.25) is 9.59 Å². The Kier molecular flexibility index (Phi) is 59.9. The van der Waals surface area contributed by atoms with Crippen molar-refractivity contribution < 1.29 is 24.2 Å². The van der Waals surface area contributed by atoms with E-state index in [1.807, 2.05) is 0 Å². The third kappa shape index (κ3) is 60.6. The first-order valence-corrected chi connectivity index (χ1v) is 30.7. The van der Waals surface area contributed by atoms with E-state index in [9.17, 15) is 14.7 Å². The number of aliphatic hydroxyl groups excluding tert-OH is 1. The molecule has 0 saturated carbocycles. The third-order valence-corrected chi connectivity index (χ3v) is 12.9. The molecule has 1 atom stereocenters. The highest BCUT2D eigenvalue weighted by Crippen LogP contribution is 2.16. The topological polar surface area (TPSA) is 72.8 Å². The number of hydrogen-bond donors (Lipinski definition) is 1. The highest BCUT2D eigenvalue weighted by atomic mass is 16.6. The second kappa shape index (κ2) is 63.3. The van der Waals surface area contributed by atoms with Crippen LogP contribution in [0.25, 0.3) is 0 Å². The average molecular weight is 1020 g/mol. The van der Waals surface area contributed by atoms with Crippen LogP contribution in [0.3, 0.4) is 0 Å². The molecule has 0 spiro atoms. The zero-order valence-corrected chi connectivity index (χ0v) is 48.1. The Hall–Kier alpha value is -3.96. The quantitative estimate of drug-likeness (QED) is 0.0373. The molecule has 0 aromatic rings. The largest absolute Gasteiger partial charge is 0.462 e. The molecule has 0 saturated heterocycles. The van der Waals surface area contributed by atoms with E-state index >= 15 is 0 Å². The normalized spacial score (nSPS) is 13.2. The van der Waals surface area contributed by atoms with E-state index in [2.05, 4.69) is 148 Å². The summed E-state index contributed by atoms with van der Waals surface area (Å²) in [7, 11) is 0. The van der Waals surface area contributed by atoms with Crippen LogP contribution in [0.5, 0.6) is 0 Å². The van der Waals surface area contributed by atoms with Crippen molar-refractivity contribution in [1.82, 2.24) is 0 Å². The molecule has 0 aromatic carbocycles. The van der Waals surface area contributed by atoms with Gasteiger partial charge in [-0.2, -0.15) is 0 Å². The number of carbonyl (C=O) groups excluding carboxylic acids is 2. The molecule has 0 rings (SSSR count). The van der Waals surface area contributed by atoms with Crippen molar-refractivity contribution in [2.24, 2.45) is 0 Å². The Labute approximate surface area is 457 Å². The number of carbonyl (C=O) groups is 2. The van der Waals surface area contributed by atoms with Gasteiger partial charge in [0.2, 0.25) is 0 Å². The predicted molar refractivity (Wildman–Crippen MR) is 324 cm³/mol. The van der Waals surface area contributed by atoms with Crippen molar-refractivity contribution in [3.8, 4) is 0 Å². The van der Waals surface area contributed by atoms with Gasteiger partial charge >= 0.3 is 11.9 Å². The summed E-state index contributed by atoms with van der Waals surface area (Å²) in [5.74, 6) is -0.598. The Balaban J connectivity index is 3.53. The molecule has 420 valence electrons. The van der Waals surface area contributed by atoms with Crippen molar-refractivity contribution in [2.75, 3.05) is 13.2 Å². The first-order valence-electron chi connectivity index (χ1n) is 30.7. The summed E-state index contributed by atoms with van der Waals surface area (Å²) < 4.78 is 10.7.